The first-order valence-corrected chi connectivity index (χ1v) is 6.86. The van der Waals surface area contributed by atoms with Crippen LogP contribution in [0.4, 0.5) is 9.18 Å². The summed E-state index contributed by atoms with van der Waals surface area (Å²) in [5.74, 6) is -0.438. The number of halogens is 1. The zero-order valence-electron chi connectivity index (χ0n) is 13.1. The maximum absolute atomic E-state index is 13.2. The molecule has 0 aromatic rings. The van der Waals surface area contributed by atoms with E-state index in [1.54, 1.807) is 41.5 Å². The van der Waals surface area contributed by atoms with E-state index in [0.717, 1.165) is 4.90 Å². The molecule has 0 aromatic carbocycles. The van der Waals surface area contributed by atoms with E-state index in [0.29, 0.717) is 0 Å². The number of nitrogens with zero attached hydrogens (tertiary/aromatic N) is 1. The molecule has 1 fully saturated rings. The van der Waals surface area contributed by atoms with Crippen LogP contribution in [0.15, 0.2) is 0 Å². The molecule has 0 spiro atoms. The van der Waals surface area contributed by atoms with Gasteiger partial charge in [-0.2, -0.15) is 0 Å². The zero-order valence-corrected chi connectivity index (χ0v) is 13.1. The van der Waals surface area contributed by atoms with Gasteiger partial charge in [-0.05, 0) is 41.5 Å². The van der Waals surface area contributed by atoms with Crippen molar-refractivity contribution >= 4 is 12.0 Å². The van der Waals surface area contributed by atoms with Gasteiger partial charge in [-0.25, -0.2) is 14.1 Å². The van der Waals surface area contributed by atoms with Gasteiger partial charge in [0.2, 0.25) is 5.91 Å². The molecule has 1 rings (SSSR count). The van der Waals surface area contributed by atoms with E-state index in [4.69, 9.17) is 4.74 Å². The summed E-state index contributed by atoms with van der Waals surface area (Å²) in [6, 6.07) is -0.670. The monoisotopic (exact) mass is 288 g/mol. The van der Waals surface area contributed by atoms with Crippen LogP contribution in [0.5, 0.6) is 0 Å². The Labute approximate surface area is 119 Å². The largest absolute Gasteiger partial charge is 0.443 e. The van der Waals surface area contributed by atoms with Gasteiger partial charge in [0.25, 0.3) is 0 Å². The van der Waals surface area contributed by atoms with Gasteiger partial charge < -0.3 is 10.1 Å². The molecule has 2 amide bonds. The summed E-state index contributed by atoms with van der Waals surface area (Å²) in [5, 5.41) is 2.80. The SMILES string of the molecule is CC(C)(C)OC(=O)N(C(=O)[C@@H]1CC(F)CN1)C(C)(C)C. The molecule has 116 valence electrons. The number of imide groups is 1. The van der Waals surface area contributed by atoms with Crippen LogP contribution in [-0.2, 0) is 9.53 Å². The highest BCUT2D eigenvalue weighted by Gasteiger charge is 2.41. The van der Waals surface area contributed by atoms with Crippen LogP contribution in [-0.4, -0.2) is 46.8 Å². The second-order valence-electron chi connectivity index (χ2n) is 7.12. The molecular formula is C14H25FN2O3. The number of ether oxygens (including phenoxy) is 1. The summed E-state index contributed by atoms with van der Waals surface area (Å²) in [6.45, 7) is 10.6. The van der Waals surface area contributed by atoms with Crippen molar-refractivity contribution in [1.29, 1.82) is 0 Å². The number of hydrogen-bond acceptors (Lipinski definition) is 4. The first-order valence-electron chi connectivity index (χ1n) is 6.86. The molecule has 1 N–H and O–H groups in total. The van der Waals surface area contributed by atoms with Gasteiger partial charge in [-0.1, -0.05) is 0 Å². The minimum atomic E-state index is -1.05. The number of alkyl halides is 1. The van der Waals surface area contributed by atoms with Crippen molar-refractivity contribution in [2.24, 2.45) is 0 Å². The van der Waals surface area contributed by atoms with E-state index in [-0.39, 0.29) is 13.0 Å². The maximum atomic E-state index is 13.2. The molecule has 20 heavy (non-hydrogen) atoms. The number of nitrogens with one attached hydrogen (secondary N) is 1. The van der Waals surface area contributed by atoms with Gasteiger partial charge in [-0.3, -0.25) is 4.79 Å². The summed E-state index contributed by atoms with van der Waals surface area (Å²) in [5.41, 5.74) is -1.41. The normalized spacial score (nSPS) is 23.6. The fraction of sp³-hybridized carbons (Fsp3) is 0.857. The van der Waals surface area contributed by atoms with Crippen molar-refractivity contribution in [3.8, 4) is 0 Å². The molecule has 0 radical (unpaired) electrons. The van der Waals surface area contributed by atoms with Crippen LogP contribution in [0.1, 0.15) is 48.0 Å². The third-order valence-electron chi connectivity index (χ3n) is 2.84. The summed E-state index contributed by atoms with van der Waals surface area (Å²) in [6.07, 6.45) is -1.66. The van der Waals surface area contributed by atoms with Crippen molar-refractivity contribution in [1.82, 2.24) is 10.2 Å². The molecule has 6 heteroatoms. The number of carbonyl (C=O) groups excluding carboxylic acids is 2. The van der Waals surface area contributed by atoms with Crippen LogP contribution >= 0.6 is 0 Å². The van der Waals surface area contributed by atoms with Crippen LogP contribution in [0, 0.1) is 0 Å². The minimum absolute atomic E-state index is 0.0915. The molecule has 1 saturated heterocycles. The van der Waals surface area contributed by atoms with Crippen LogP contribution < -0.4 is 5.32 Å². The minimum Gasteiger partial charge on any atom is -0.443 e. The number of carbonyl (C=O) groups is 2. The molecule has 1 unspecified atom stereocenters. The highest BCUT2D eigenvalue weighted by Crippen LogP contribution is 2.22. The average Bonchev–Trinajstić information content (AvgIpc) is 2.59. The lowest BCUT2D eigenvalue weighted by atomic mass is 10.0. The fourth-order valence-electron chi connectivity index (χ4n) is 2.04. The Hall–Kier alpha value is -1.17. The Morgan fingerprint density at radius 1 is 1.20 bits per heavy atom. The van der Waals surface area contributed by atoms with Crippen molar-refractivity contribution in [2.45, 2.75) is 71.3 Å². The smallest absolute Gasteiger partial charge is 0.417 e. The number of amides is 2. The molecule has 1 aliphatic heterocycles. The first kappa shape index (κ1) is 16.9. The van der Waals surface area contributed by atoms with E-state index in [1.807, 2.05) is 0 Å². The van der Waals surface area contributed by atoms with E-state index >= 15 is 0 Å². The van der Waals surface area contributed by atoms with E-state index in [1.165, 1.54) is 0 Å². The topological polar surface area (TPSA) is 58.6 Å². The summed E-state index contributed by atoms with van der Waals surface area (Å²) < 4.78 is 18.5. The highest BCUT2D eigenvalue weighted by molar-refractivity contribution is 5.96. The standard InChI is InChI=1S/C14H25FN2O3/c1-13(2,3)17(12(19)20-14(4,5)6)11(18)10-7-9(15)8-16-10/h9-10,16H,7-8H2,1-6H3/t9?,10-/m0/s1. The summed E-state index contributed by atoms with van der Waals surface area (Å²) >= 11 is 0. The fourth-order valence-corrected chi connectivity index (χ4v) is 2.04. The summed E-state index contributed by atoms with van der Waals surface area (Å²) in [7, 11) is 0. The van der Waals surface area contributed by atoms with E-state index in [9.17, 15) is 14.0 Å². The van der Waals surface area contributed by atoms with Gasteiger partial charge in [-0.15, -0.1) is 0 Å². The lowest BCUT2D eigenvalue weighted by Crippen LogP contribution is -2.56. The second-order valence-corrected chi connectivity index (χ2v) is 7.12. The highest BCUT2D eigenvalue weighted by atomic mass is 19.1. The van der Waals surface area contributed by atoms with Crippen molar-refractivity contribution in [3.63, 3.8) is 0 Å². The molecule has 2 atom stereocenters. The quantitative estimate of drug-likeness (QED) is 0.804. The van der Waals surface area contributed by atoms with Gasteiger partial charge in [0.1, 0.15) is 11.8 Å². The predicted molar refractivity (Wildman–Crippen MR) is 74.1 cm³/mol. The Balaban J connectivity index is 2.90. The second kappa shape index (κ2) is 5.68. The molecule has 0 bridgehead atoms. The maximum Gasteiger partial charge on any atom is 0.417 e. The number of rotatable bonds is 1. The van der Waals surface area contributed by atoms with E-state index in [2.05, 4.69) is 5.32 Å². The first-order chi connectivity index (χ1) is 8.92. The molecule has 0 aliphatic carbocycles. The van der Waals surface area contributed by atoms with E-state index < -0.39 is 35.4 Å². The average molecular weight is 288 g/mol. The van der Waals surface area contributed by atoms with Gasteiger partial charge in [0, 0.05) is 18.5 Å². The third-order valence-corrected chi connectivity index (χ3v) is 2.84. The van der Waals surface area contributed by atoms with Crippen LogP contribution in [0.3, 0.4) is 0 Å². The van der Waals surface area contributed by atoms with Gasteiger partial charge in [0.15, 0.2) is 0 Å². The molecule has 5 nitrogen and oxygen atoms in total. The molecule has 0 saturated carbocycles. The van der Waals surface area contributed by atoms with Crippen LogP contribution in [0.25, 0.3) is 0 Å². The Bertz CT molecular complexity index is 385. The van der Waals surface area contributed by atoms with Crippen molar-refractivity contribution in [3.05, 3.63) is 0 Å². The number of hydrogen-bond donors (Lipinski definition) is 1. The molecule has 1 heterocycles. The zero-order chi connectivity index (χ0) is 15.7. The Morgan fingerprint density at radius 2 is 1.75 bits per heavy atom. The lowest BCUT2D eigenvalue weighted by Gasteiger charge is -2.36. The Kier molecular flexibility index (Phi) is 4.79. The third kappa shape index (κ3) is 4.44. The Morgan fingerprint density at radius 3 is 2.10 bits per heavy atom. The lowest BCUT2D eigenvalue weighted by molar-refractivity contribution is -0.136. The molecule has 1 aliphatic rings. The van der Waals surface area contributed by atoms with Crippen LogP contribution in [0.2, 0.25) is 0 Å². The van der Waals surface area contributed by atoms with Crippen molar-refractivity contribution < 1.29 is 18.7 Å². The molecular weight excluding hydrogens is 263 g/mol. The summed E-state index contributed by atoms with van der Waals surface area (Å²) in [4.78, 5) is 25.8. The molecule has 0 aromatic heterocycles. The van der Waals surface area contributed by atoms with Gasteiger partial charge >= 0.3 is 6.09 Å². The van der Waals surface area contributed by atoms with Crippen molar-refractivity contribution in [2.75, 3.05) is 6.54 Å². The van der Waals surface area contributed by atoms with Gasteiger partial charge in [0.05, 0.1) is 6.04 Å². The predicted octanol–water partition coefficient (Wildman–Crippen LogP) is 2.25.